The maximum atomic E-state index is 13.8. The average molecular weight is 512 g/mol. The van der Waals surface area contributed by atoms with Crippen LogP contribution >= 0.6 is 11.3 Å². The van der Waals surface area contributed by atoms with Crippen molar-refractivity contribution in [1.29, 1.82) is 0 Å². The monoisotopic (exact) mass is 512 g/mol. The third-order valence-corrected chi connectivity index (χ3v) is 9.26. The van der Waals surface area contributed by atoms with Gasteiger partial charge in [0.25, 0.3) is 0 Å². The highest BCUT2D eigenvalue weighted by atomic mass is 32.2. The van der Waals surface area contributed by atoms with Crippen molar-refractivity contribution in [3.63, 3.8) is 0 Å². The summed E-state index contributed by atoms with van der Waals surface area (Å²) in [6.07, 6.45) is -9.34. The SMILES string of the molecule is Cc1ncc(-c2ccc(S(=O)(=O)C3CCN(C(=O)C4(C(F)(F)F)CC4)C3)c(C(F)(F)F)c2)s1. The molecule has 13 heteroatoms. The Labute approximate surface area is 189 Å². The predicted molar refractivity (Wildman–Crippen MR) is 107 cm³/mol. The third-order valence-electron chi connectivity index (χ3n) is 6.07. The number of carbonyl (C=O) groups is 1. The number of likely N-dealkylation sites (tertiary alicyclic amines) is 1. The molecule has 1 aliphatic heterocycles. The van der Waals surface area contributed by atoms with Crippen molar-refractivity contribution in [2.24, 2.45) is 5.41 Å². The molecule has 5 nitrogen and oxygen atoms in total. The molecule has 0 N–H and O–H groups in total. The van der Waals surface area contributed by atoms with Gasteiger partial charge in [-0.05, 0) is 43.9 Å². The van der Waals surface area contributed by atoms with Gasteiger partial charge in [-0.2, -0.15) is 26.3 Å². The van der Waals surface area contributed by atoms with Crippen LogP contribution in [-0.4, -0.2) is 48.7 Å². The molecule has 1 atom stereocenters. The molecular weight excluding hydrogens is 494 g/mol. The molecule has 1 unspecified atom stereocenters. The third kappa shape index (κ3) is 4.13. The van der Waals surface area contributed by atoms with Crippen molar-refractivity contribution in [2.75, 3.05) is 13.1 Å². The molecule has 0 radical (unpaired) electrons. The van der Waals surface area contributed by atoms with E-state index in [-0.39, 0.29) is 31.4 Å². The number of thiazole rings is 1. The summed E-state index contributed by atoms with van der Waals surface area (Å²) < 4.78 is 107. The minimum atomic E-state index is -4.99. The van der Waals surface area contributed by atoms with Crippen molar-refractivity contribution in [3.05, 3.63) is 35.0 Å². The molecule has 2 aliphatic rings. The van der Waals surface area contributed by atoms with E-state index in [1.54, 1.807) is 6.92 Å². The maximum Gasteiger partial charge on any atom is 0.417 e. The lowest BCUT2D eigenvalue weighted by atomic mass is 10.1. The summed E-state index contributed by atoms with van der Waals surface area (Å²) in [6, 6.07) is 2.85. The van der Waals surface area contributed by atoms with E-state index in [2.05, 4.69) is 4.98 Å². The number of hydrogen-bond acceptors (Lipinski definition) is 5. The second-order valence-electron chi connectivity index (χ2n) is 8.24. The smallest absolute Gasteiger partial charge is 0.341 e. The van der Waals surface area contributed by atoms with Gasteiger partial charge in [0, 0.05) is 19.3 Å². The van der Waals surface area contributed by atoms with Gasteiger partial charge in [0.15, 0.2) is 9.84 Å². The second-order valence-corrected chi connectivity index (χ2v) is 11.7. The first-order valence-corrected chi connectivity index (χ1v) is 12.3. The number of nitrogens with zero attached hydrogens (tertiary/aromatic N) is 2. The Bertz CT molecular complexity index is 1200. The topological polar surface area (TPSA) is 67.3 Å². The van der Waals surface area contributed by atoms with Gasteiger partial charge in [-0.1, -0.05) is 6.07 Å². The van der Waals surface area contributed by atoms with Crippen LogP contribution < -0.4 is 0 Å². The number of hydrogen-bond donors (Lipinski definition) is 0. The largest absolute Gasteiger partial charge is 0.417 e. The standard InChI is InChI=1S/C20H18F6N2O3S2/c1-11-27-9-15(32-11)12-2-3-16(14(8-12)19(21,22)23)33(30,31)13-4-7-28(10-13)17(29)18(5-6-18)20(24,25)26/h2-3,8-9,13H,4-7,10H2,1H3. The molecule has 2 fully saturated rings. The van der Waals surface area contributed by atoms with Crippen LogP contribution in [0, 0.1) is 12.3 Å². The van der Waals surface area contributed by atoms with Crippen LogP contribution in [0.1, 0.15) is 29.8 Å². The Balaban J connectivity index is 1.64. The Morgan fingerprint density at radius 1 is 1.18 bits per heavy atom. The van der Waals surface area contributed by atoms with E-state index < -0.39 is 55.8 Å². The van der Waals surface area contributed by atoms with Gasteiger partial charge in [-0.25, -0.2) is 13.4 Å². The van der Waals surface area contributed by atoms with E-state index >= 15 is 0 Å². The average Bonchev–Trinajstić information content (AvgIpc) is 3.19. The van der Waals surface area contributed by atoms with Gasteiger partial charge in [-0.3, -0.25) is 4.79 Å². The Morgan fingerprint density at radius 2 is 1.85 bits per heavy atom. The number of aromatic nitrogens is 1. The van der Waals surface area contributed by atoms with Gasteiger partial charge in [0.1, 0.15) is 5.41 Å². The lowest BCUT2D eigenvalue weighted by molar-refractivity contribution is -0.197. The van der Waals surface area contributed by atoms with E-state index in [1.807, 2.05) is 0 Å². The van der Waals surface area contributed by atoms with Crippen molar-refractivity contribution >= 4 is 27.1 Å². The van der Waals surface area contributed by atoms with Crippen LogP contribution in [0.5, 0.6) is 0 Å². The molecule has 4 rings (SSSR count). The number of amides is 1. The highest BCUT2D eigenvalue weighted by Gasteiger charge is 2.69. The van der Waals surface area contributed by atoms with E-state index in [0.717, 1.165) is 28.4 Å². The molecule has 0 spiro atoms. The van der Waals surface area contributed by atoms with Crippen LogP contribution in [0.2, 0.25) is 0 Å². The van der Waals surface area contributed by atoms with Gasteiger partial charge < -0.3 is 4.90 Å². The first-order chi connectivity index (χ1) is 15.2. The zero-order valence-electron chi connectivity index (χ0n) is 17.1. The Kier molecular flexibility index (Phi) is 5.59. The Morgan fingerprint density at radius 3 is 2.36 bits per heavy atom. The zero-order chi connectivity index (χ0) is 24.4. The molecule has 2 aromatic rings. The second kappa shape index (κ2) is 7.69. The normalized spacial score (nSPS) is 20.8. The van der Waals surface area contributed by atoms with E-state index in [0.29, 0.717) is 9.88 Å². The van der Waals surface area contributed by atoms with Crippen molar-refractivity contribution in [1.82, 2.24) is 9.88 Å². The van der Waals surface area contributed by atoms with Crippen LogP contribution in [0.4, 0.5) is 26.3 Å². The molecule has 1 aliphatic carbocycles. The molecule has 1 saturated heterocycles. The number of rotatable bonds is 4. The number of carbonyl (C=O) groups excluding carboxylic acids is 1. The molecule has 1 aromatic heterocycles. The molecule has 1 saturated carbocycles. The summed E-state index contributed by atoms with van der Waals surface area (Å²) >= 11 is 1.15. The summed E-state index contributed by atoms with van der Waals surface area (Å²) in [4.78, 5) is 16.7. The minimum absolute atomic E-state index is 0.149. The first kappa shape index (κ1) is 24.0. The van der Waals surface area contributed by atoms with E-state index in [9.17, 15) is 39.6 Å². The van der Waals surface area contributed by atoms with Crippen molar-refractivity contribution in [2.45, 2.75) is 48.7 Å². The van der Waals surface area contributed by atoms with Gasteiger partial charge in [0.2, 0.25) is 5.91 Å². The quantitative estimate of drug-likeness (QED) is 0.550. The van der Waals surface area contributed by atoms with Crippen LogP contribution in [-0.2, 0) is 20.8 Å². The molecular formula is C20H18F6N2O3S2. The van der Waals surface area contributed by atoms with Crippen molar-refractivity contribution in [3.8, 4) is 10.4 Å². The highest BCUT2D eigenvalue weighted by Crippen LogP contribution is 2.59. The predicted octanol–water partition coefficient (Wildman–Crippen LogP) is 4.85. The number of aryl methyl sites for hydroxylation is 1. The molecule has 33 heavy (non-hydrogen) atoms. The van der Waals surface area contributed by atoms with Crippen LogP contribution in [0.15, 0.2) is 29.3 Å². The van der Waals surface area contributed by atoms with Gasteiger partial charge >= 0.3 is 12.4 Å². The lowest BCUT2D eigenvalue weighted by Crippen LogP contribution is -2.43. The van der Waals surface area contributed by atoms with Crippen molar-refractivity contribution < 1.29 is 39.6 Å². The lowest BCUT2D eigenvalue weighted by Gasteiger charge is -2.25. The number of sulfone groups is 1. The minimum Gasteiger partial charge on any atom is -0.341 e. The summed E-state index contributed by atoms with van der Waals surface area (Å²) in [5.41, 5.74) is -3.71. The molecule has 180 valence electrons. The highest BCUT2D eigenvalue weighted by molar-refractivity contribution is 7.92. The Hall–Kier alpha value is -2.15. The summed E-state index contributed by atoms with van der Waals surface area (Å²) in [7, 11) is -4.58. The molecule has 1 amide bonds. The summed E-state index contributed by atoms with van der Waals surface area (Å²) in [6.45, 7) is 0.835. The maximum absolute atomic E-state index is 13.8. The number of benzene rings is 1. The number of halogens is 6. The summed E-state index contributed by atoms with van der Waals surface area (Å²) in [5, 5.41) is -0.804. The fourth-order valence-corrected chi connectivity index (χ4v) is 6.70. The fraction of sp³-hybridized carbons (Fsp3) is 0.500. The number of alkyl halides is 6. The zero-order valence-corrected chi connectivity index (χ0v) is 18.8. The van der Waals surface area contributed by atoms with Crippen LogP contribution in [0.3, 0.4) is 0 Å². The van der Waals surface area contributed by atoms with Gasteiger partial charge in [0.05, 0.1) is 25.6 Å². The van der Waals surface area contributed by atoms with Gasteiger partial charge in [-0.15, -0.1) is 11.3 Å². The van der Waals surface area contributed by atoms with E-state index in [1.165, 1.54) is 12.3 Å². The summed E-state index contributed by atoms with van der Waals surface area (Å²) in [5.74, 6) is -1.21. The molecule has 1 aromatic carbocycles. The first-order valence-electron chi connectivity index (χ1n) is 9.91. The molecule has 2 heterocycles. The fourth-order valence-electron chi connectivity index (χ4n) is 4.04. The molecule has 0 bridgehead atoms. The van der Waals surface area contributed by atoms with Crippen LogP contribution in [0.25, 0.3) is 10.4 Å². The van der Waals surface area contributed by atoms with E-state index in [4.69, 9.17) is 0 Å².